The highest BCUT2D eigenvalue weighted by molar-refractivity contribution is 6.33. The van der Waals surface area contributed by atoms with Crippen LogP contribution in [0.25, 0.3) is 11.2 Å². The fourth-order valence-electron chi connectivity index (χ4n) is 2.98. The minimum atomic E-state index is -0.842. The molecule has 0 spiro atoms. The first-order valence-corrected chi connectivity index (χ1v) is 8.82. The van der Waals surface area contributed by atoms with Crippen molar-refractivity contribution in [3.05, 3.63) is 52.7 Å². The first-order chi connectivity index (χ1) is 12.5. The average Bonchev–Trinajstić information content (AvgIpc) is 3.24. The Labute approximate surface area is 159 Å². The number of aromatic amines is 1. The number of aliphatic hydroxyl groups is 3. The lowest BCUT2D eigenvalue weighted by atomic mass is 9.92. The summed E-state index contributed by atoms with van der Waals surface area (Å²) in [6.45, 7) is 0. The van der Waals surface area contributed by atoms with Crippen LogP contribution >= 0.6 is 23.2 Å². The lowest BCUT2D eigenvalue weighted by Crippen LogP contribution is -2.28. The first-order valence-electron chi connectivity index (χ1n) is 8.06. The van der Waals surface area contributed by atoms with Crippen LogP contribution in [0, 0.1) is 5.92 Å². The van der Waals surface area contributed by atoms with Gasteiger partial charge in [0.2, 0.25) is 0 Å². The van der Waals surface area contributed by atoms with Gasteiger partial charge in [-0.3, -0.25) is 0 Å². The zero-order valence-electron chi connectivity index (χ0n) is 13.6. The average molecular weight is 397 g/mol. The number of rotatable bonds is 2. The van der Waals surface area contributed by atoms with Gasteiger partial charge in [-0.1, -0.05) is 35.3 Å². The molecule has 2 heterocycles. The summed E-state index contributed by atoms with van der Waals surface area (Å²) in [5.74, 6) is -0.295. The van der Waals surface area contributed by atoms with Crippen LogP contribution in [0.3, 0.4) is 0 Å². The van der Waals surface area contributed by atoms with Crippen molar-refractivity contribution in [1.82, 2.24) is 19.9 Å². The molecule has 9 heteroatoms. The standard InChI is InChI=1S/C12H15ClO3.C5H3ClN4/c13-8-3-1-7(2-4-8)11(15)9-5-6-10(14)12(9)16;6-4-3-5(9-1-7-3)10-2-8-4/h1-4,9-12,14-16H,5-6H2;1-2H,(H,7,8,9,10). The Kier molecular flexibility index (Phi) is 6.05. The number of hydrogen-bond donors (Lipinski definition) is 4. The van der Waals surface area contributed by atoms with Crippen LogP contribution in [-0.4, -0.2) is 47.5 Å². The predicted molar refractivity (Wildman–Crippen MR) is 97.8 cm³/mol. The van der Waals surface area contributed by atoms with Crippen molar-refractivity contribution >= 4 is 34.4 Å². The van der Waals surface area contributed by atoms with Crippen LogP contribution in [0.2, 0.25) is 10.2 Å². The Morgan fingerprint density at radius 1 is 1.04 bits per heavy atom. The summed E-state index contributed by atoms with van der Waals surface area (Å²) in [6.07, 6.45) is 1.78. The highest BCUT2D eigenvalue weighted by atomic mass is 35.5. The molecule has 0 radical (unpaired) electrons. The van der Waals surface area contributed by atoms with Crippen molar-refractivity contribution in [2.45, 2.75) is 31.2 Å². The summed E-state index contributed by atoms with van der Waals surface area (Å²) in [7, 11) is 0. The third-order valence-electron chi connectivity index (χ3n) is 4.42. The van der Waals surface area contributed by atoms with Gasteiger partial charge in [0, 0.05) is 10.9 Å². The molecule has 138 valence electrons. The van der Waals surface area contributed by atoms with E-state index in [2.05, 4.69) is 19.9 Å². The molecule has 7 nitrogen and oxygen atoms in total. The number of aliphatic hydroxyl groups excluding tert-OH is 3. The molecule has 0 amide bonds. The summed E-state index contributed by atoms with van der Waals surface area (Å²) in [5.41, 5.74) is 2.01. The van der Waals surface area contributed by atoms with E-state index in [1.807, 2.05) is 0 Å². The Balaban J connectivity index is 0.000000167. The number of imidazole rings is 1. The highest BCUT2D eigenvalue weighted by Gasteiger charge is 2.38. The Morgan fingerprint density at radius 2 is 1.77 bits per heavy atom. The molecule has 1 aromatic carbocycles. The number of H-pyrrole nitrogens is 1. The Bertz CT molecular complexity index is 859. The first kappa shape index (κ1) is 19.0. The number of aromatic nitrogens is 4. The number of hydrogen-bond acceptors (Lipinski definition) is 6. The molecule has 1 aliphatic rings. The van der Waals surface area contributed by atoms with Gasteiger partial charge in [0.1, 0.15) is 11.8 Å². The van der Waals surface area contributed by atoms with Crippen LogP contribution in [0.5, 0.6) is 0 Å². The second-order valence-corrected chi connectivity index (χ2v) is 6.86. The third-order valence-corrected chi connectivity index (χ3v) is 4.96. The van der Waals surface area contributed by atoms with Gasteiger partial charge in [0.25, 0.3) is 0 Å². The molecule has 0 bridgehead atoms. The second kappa shape index (κ2) is 8.28. The van der Waals surface area contributed by atoms with E-state index in [1.165, 1.54) is 12.7 Å². The molecule has 4 atom stereocenters. The lowest BCUT2D eigenvalue weighted by Gasteiger charge is -2.22. The van der Waals surface area contributed by atoms with Crippen LogP contribution < -0.4 is 0 Å². The van der Waals surface area contributed by atoms with E-state index in [4.69, 9.17) is 23.2 Å². The van der Waals surface area contributed by atoms with Gasteiger partial charge in [-0.2, -0.15) is 0 Å². The highest BCUT2D eigenvalue weighted by Crippen LogP contribution is 2.36. The van der Waals surface area contributed by atoms with Crippen molar-refractivity contribution in [2.24, 2.45) is 5.92 Å². The van der Waals surface area contributed by atoms with Gasteiger partial charge in [0.15, 0.2) is 10.8 Å². The molecule has 2 aromatic heterocycles. The topological polar surface area (TPSA) is 115 Å². The fourth-order valence-corrected chi connectivity index (χ4v) is 3.29. The summed E-state index contributed by atoms with van der Waals surface area (Å²) in [6, 6.07) is 6.89. The van der Waals surface area contributed by atoms with Gasteiger partial charge in [0.05, 0.1) is 24.6 Å². The molecule has 1 fully saturated rings. The zero-order chi connectivity index (χ0) is 18.7. The van der Waals surface area contributed by atoms with E-state index < -0.39 is 18.3 Å². The van der Waals surface area contributed by atoms with Gasteiger partial charge in [-0.25, -0.2) is 15.0 Å². The quantitative estimate of drug-likeness (QED) is 0.494. The van der Waals surface area contributed by atoms with Gasteiger partial charge in [-0.05, 0) is 30.5 Å². The molecule has 4 unspecified atom stereocenters. The number of benzene rings is 1. The van der Waals surface area contributed by atoms with Crippen LogP contribution in [0.15, 0.2) is 36.9 Å². The maximum absolute atomic E-state index is 10.1. The maximum atomic E-state index is 10.1. The molecule has 4 rings (SSSR count). The van der Waals surface area contributed by atoms with Gasteiger partial charge in [-0.15, -0.1) is 0 Å². The molecule has 1 aliphatic carbocycles. The number of nitrogens with zero attached hydrogens (tertiary/aromatic N) is 3. The summed E-state index contributed by atoms with van der Waals surface area (Å²) < 4.78 is 0. The molecule has 1 saturated carbocycles. The number of halogens is 2. The van der Waals surface area contributed by atoms with Gasteiger partial charge >= 0.3 is 0 Å². The molecule has 4 N–H and O–H groups in total. The molecule has 0 saturated heterocycles. The smallest absolute Gasteiger partial charge is 0.182 e. The number of fused-ring (bicyclic) bond motifs is 1. The van der Waals surface area contributed by atoms with E-state index >= 15 is 0 Å². The van der Waals surface area contributed by atoms with Crippen LogP contribution in [0.1, 0.15) is 24.5 Å². The van der Waals surface area contributed by atoms with E-state index in [0.29, 0.717) is 34.2 Å². The van der Waals surface area contributed by atoms with E-state index in [-0.39, 0.29) is 5.92 Å². The van der Waals surface area contributed by atoms with Crippen molar-refractivity contribution in [3.8, 4) is 0 Å². The van der Waals surface area contributed by atoms with E-state index in [0.717, 1.165) is 5.56 Å². The predicted octanol–water partition coefficient (Wildman–Crippen LogP) is 2.51. The minimum absolute atomic E-state index is 0.295. The summed E-state index contributed by atoms with van der Waals surface area (Å²) in [4.78, 5) is 14.3. The molecule has 26 heavy (non-hydrogen) atoms. The lowest BCUT2D eigenvalue weighted by molar-refractivity contribution is -0.0210. The molecular weight excluding hydrogens is 379 g/mol. The number of nitrogens with one attached hydrogen (secondary N) is 1. The van der Waals surface area contributed by atoms with E-state index in [9.17, 15) is 15.3 Å². The van der Waals surface area contributed by atoms with Crippen molar-refractivity contribution in [1.29, 1.82) is 0 Å². The Hall–Kier alpha value is -1.77. The van der Waals surface area contributed by atoms with Crippen molar-refractivity contribution in [2.75, 3.05) is 0 Å². The van der Waals surface area contributed by atoms with Crippen molar-refractivity contribution < 1.29 is 15.3 Å². The van der Waals surface area contributed by atoms with E-state index in [1.54, 1.807) is 24.3 Å². The molecule has 0 aliphatic heterocycles. The third kappa shape index (κ3) is 4.13. The largest absolute Gasteiger partial charge is 0.390 e. The van der Waals surface area contributed by atoms with Gasteiger partial charge < -0.3 is 20.3 Å². The van der Waals surface area contributed by atoms with Crippen molar-refractivity contribution in [3.63, 3.8) is 0 Å². The maximum Gasteiger partial charge on any atom is 0.182 e. The monoisotopic (exact) mass is 396 g/mol. The molecular formula is C17H18Cl2N4O3. The normalized spacial score (nSPS) is 23.5. The summed E-state index contributed by atoms with van der Waals surface area (Å²) in [5, 5.41) is 30.2. The fraction of sp³-hybridized carbons (Fsp3) is 0.353. The second-order valence-electron chi connectivity index (χ2n) is 6.06. The molecule has 3 aromatic rings. The Morgan fingerprint density at radius 3 is 2.38 bits per heavy atom. The zero-order valence-corrected chi connectivity index (χ0v) is 15.1. The van der Waals surface area contributed by atoms with Crippen LogP contribution in [-0.2, 0) is 0 Å². The minimum Gasteiger partial charge on any atom is -0.390 e. The summed E-state index contributed by atoms with van der Waals surface area (Å²) >= 11 is 11.4. The SMILES string of the molecule is Clc1ncnc2nc[nH]c12.OC1CCC(C(O)c2ccc(Cl)cc2)C1O. The van der Waals surface area contributed by atoms with Crippen LogP contribution in [0.4, 0.5) is 0 Å².